The fourth-order valence-corrected chi connectivity index (χ4v) is 3.36. The zero-order valence-corrected chi connectivity index (χ0v) is 11.4. The van der Waals surface area contributed by atoms with Gasteiger partial charge in [-0.05, 0) is 6.42 Å². The van der Waals surface area contributed by atoms with Gasteiger partial charge in [0.05, 0.1) is 24.9 Å². The molecule has 7 nitrogen and oxygen atoms in total. The van der Waals surface area contributed by atoms with Gasteiger partial charge in [0.25, 0.3) is 5.56 Å². The van der Waals surface area contributed by atoms with Crippen molar-refractivity contribution in [3.05, 3.63) is 23.0 Å². The molecule has 106 valence electrons. The Morgan fingerprint density at radius 2 is 2.40 bits per heavy atom. The first-order valence-corrected chi connectivity index (χ1v) is 6.86. The van der Waals surface area contributed by atoms with Crippen LogP contribution in [0.1, 0.15) is 26.5 Å². The van der Waals surface area contributed by atoms with Crippen LogP contribution >= 0.6 is 0 Å². The van der Waals surface area contributed by atoms with Crippen LogP contribution in [-0.4, -0.2) is 37.8 Å². The summed E-state index contributed by atoms with van der Waals surface area (Å²) in [5.41, 5.74) is 0.397. The number of hydrogen-bond donors (Lipinski definition) is 1. The van der Waals surface area contributed by atoms with Gasteiger partial charge in [-0.1, -0.05) is 13.8 Å². The summed E-state index contributed by atoms with van der Waals surface area (Å²) in [5, 5.41) is 0. The minimum absolute atomic E-state index is 0.0200. The van der Waals surface area contributed by atoms with Gasteiger partial charge in [-0.25, -0.2) is 9.97 Å². The van der Waals surface area contributed by atoms with E-state index in [2.05, 4.69) is 28.8 Å². The third-order valence-corrected chi connectivity index (χ3v) is 4.72. The average molecular weight is 276 g/mol. The maximum atomic E-state index is 11.7. The van der Waals surface area contributed by atoms with Gasteiger partial charge in [0.2, 0.25) is 0 Å². The molecule has 7 heteroatoms. The van der Waals surface area contributed by atoms with Crippen molar-refractivity contribution in [1.82, 2.24) is 19.5 Å². The second-order valence-electron chi connectivity index (χ2n) is 5.55. The minimum Gasteiger partial charge on any atom is -0.370 e. The number of aromatic amines is 1. The van der Waals surface area contributed by atoms with Crippen LogP contribution in [-0.2, 0) is 9.47 Å². The Hall–Kier alpha value is -1.73. The van der Waals surface area contributed by atoms with Gasteiger partial charge in [-0.3, -0.25) is 9.36 Å². The number of ether oxygens (including phenoxy) is 2. The van der Waals surface area contributed by atoms with Crippen molar-refractivity contribution in [1.29, 1.82) is 0 Å². The molecule has 4 atom stereocenters. The summed E-state index contributed by atoms with van der Waals surface area (Å²) in [5.74, 6) is 0.317. The Morgan fingerprint density at radius 3 is 3.15 bits per heavy atom. The predicted octanol–water partition coefficient (Wildman–Crippen LogP) is 0.832. The number of H-pyrrole nitrogens is 1. The monoisotopic (exact) mass is 276 g/mol. The Labute approximate surface area is 114 Å². The largest absolute Gasteiger partial charge is 0.370 e. The molecule has 2 aliphatic rings. The molecule has 0 spiro atoms. The van der Waals surface area contributed by atoms with Crippen LogP contribution in [0.15, 0.2) is 17.4 Å². The van der Waals surface area contributed by atoms with E-state index in [1.165, 1.54) is 6.33 Å². The molecule has 0 radical (unpaired) electrons. The molecule has 1 unspecified atom stereocenters. The van der Waals surface area contributed by atoms with Gasteiger partial charge < -0.3 is 14.5 Å². The third kappa shape index (κ3) is 1.34. The first-order valence-electron chi connectivity index (χ1n) is 6.86. The van der Waals surface area contributed by atoms with Crippen molar-refractivity contribution in [2.75, 3.05) is 6.61 Å². The lowest BCUT2D eigenvalue weighted by atomic mass is 9.88. The number of nitrogens with one attached hydrogen (secondary N) is 1. The maximum absolute atomic E-state index is 11.7. The molecule has 2 aromatic heterocycles. The molecule has 0 amide bonds. The van der Waals surface area contributed by atoms with Crippen LogP contribution in [0.5, 0.6) is 0 Å². The Bertz CT molecular complexity index is 724. The molecule has 2 fully saturated rings. The minimum atomic E-state index is -0.266. The Kier molecular flexibility index (Phi) is 2.34. The van der Waals surface area contributed by atoms with Crippen molar-refractivity contribution in [2.24, 2.45) is 5.92 Å². The smallest absolute Gasteiger partial charge is 0.278 e. The van der Waals surface area contributed by atoms with E-state index in [9.17, 15) is 4.79 Å². The van der Waals surface area contributed by atoms with Crippen LogP contribution in [0, 0.1) is 5.92 Å². The van der Waals surface area contributed by atoms with E-state index >= 15 is 0 Å². The van der Waals surface area contributed by atoms with Crippen molar-refractivity contribution >= 4 is 11.2 Å². The van der Waals surface area contributed by atoms with E-state index in [1.807, 2.05) is 4.57 Å². The molecule has 2 aromatic rings. The summed E-state index contributed by atoms with van der Waals surface area (Å²) < 4.78 is 13.9. The Morgan fingerprint density at radius 1 is 1.55 bits per heavy atom. The SMILES string of the molecule is CC[C@]12CO[C@@H](C1C)[C@H](n1cnc3c(=O)[nH]cnc31)O2. The van der Waals surface area contributed by atoms with E-state index in [0.29, 0.717) is 23.7 Å². The number of fused-ring (bicyclic) bond motifs is 3. The molecular formula is C13H16N4O3. The van der Waals surface area contributed by atoms with E-state index in [0.717, 1.165) is 6.42 Å². The molecule has 20 heavy (non-hydrogen) atoms. The predicted molar refractivity (Wildman–Crippen MR) is 70.2 cm³/mol. The maximum Gasteiger partial charge on any atom is 0.278 e. The van der Waals surface area contributed by atoms with E-state index < -0.39 is 0 Å². The fraction of sp³-hybridized carbons (Fsp3) is 0.615. The zero-order chi connectivity index (χ0) is 13.9. The van der Waals surface area contributed by atoms with Gasteiger partial charge in [0.1, 0.15) is 6.10 Å². The first kappa shape index (κ1) is 12.0. The van der Waals surface area contributed by atoms with Crippen LogP contribution in [0.3, 0.4) is 0 Å². The van der Waals surface area contributed by atoms with Crippen molar-refractivity contribution < 1.29 is 9.47 Å². The van der Waals surface area contributed by atoms with Crippen LogP contribution in [0.25, 0.3) is 11.2 Å². The molecule has 0 aromatic carbocycles. The van der Waals surface area contributed by atoms with Gasteiger partial charge in [0.15, 0.2) is 17.4 Å². The fourth-order valence-electron chi connectivity index (χ4n) is 3.36. The quantitative estimate of drug-likeness (QED) is 0.878. The summed E-state index contributed by atoms with van der Waals surface area (Å²) in [6.07, 6.45) is 3.61. The highest BCUT2D eigenvalue weighted by Gasteiger charge is 2.58. The number of hydrogen-bond acceptors (Lipinski definition) is 5. The van der Waals surface area contributed by atoms with E-state index in [-0.39, 0.29) is 23.5 Å². The summed E-state index contributed by atoms with van der Waals surface area (Å²) in [4.78, 5) is 22.6. The van der Waals surface area contributed by atoms with E-state index in [1.54, 1.807) is 6.33 Å². The third-order valence-electron chi connectivity index (χ3n) is 4.72. The lowest BCUT2D eigenvalue weighted by Crippen LogP contribution is -2.36. The van der Waals surface area contributed by atoms with Gasteiger partial charge in [-0.15, -0.1) is 0 Å². The highest BCUT2D eigenvalue weighted by atomic mass is 16.6. The summed E-state index contributed by atoms with van der Waals surface area (Å²) in [7, 11) is 0. The molecule has 1 N–H and O–H groups in total. The van der Waals surface area contributed by atoms with Crippen molar-refractivity contribution in [3.63, 3.8) is 0 Å². The highest BCUT2D eigenvalue weighted by Crippen LogP contribution is 2.50. The average Bonchev–Trinajstić information content (AvgIpc) is 3.10. The standard InChI is InChI=1S/C13H16N4O3/c1-3-13-4-19-9(7(13)2)12(20-13)17-6-16-8-10(17)14-5-15-11(8)18/h5-7,9,12H,3-4H2,1-2H3,(H,14,15,18)/t7?,9-,12+,13-/m0/s1. The lowest BCUT2D eigenvalue weighted by molar-refractivity contribution is -0.172. The lowest BCUT2D eigenvalue weighted by Gasteiger charge is -2.30. The molecule has 0 aliphatic carbocycles. The number of nitrogens with zero attached hydrogens (tertiary/aromatic N) is 3. The first-order chi connectivity index (χ1) is 9.66. The number of imidazole rings is 1. The summed E-state index contributed by atoms with van der Waals surface area (Å²) in [6.45, 7) is 4.90. The van der Waals surface area contributed by atoms with Crippen LogP contribution in [0.2, 0.25) is 0 Å². The number of aromatic nitrogens is 4. The normalized spacial score (nSPS) is 36.0. The summed E-state index contributed by atoms with van der Waals surface area (Å²) >= 11 is 0. The molecular weight excluding hydrogens is 260 g/mol. The van der Waals surface area contributed by atoms with Gasteiger partial charge in [0, 0.05) is 5.92 Å². The molecule has 0 saturated carbocycles. The molecule has 4 heterocycles. The second kappa shape index (κ2) is 3.89. The molecule has 2 saturated heterocycles. The topological polar surface area (TPSA) is 82.0 Å². The number of rotatable bonds is 2. The molecule has 4 rings (SSSR count). The zero-order valence-electron chi connectivity index (χ0n) is 11.4. The molecule has 2 bridgehead atoms. The second-order valence-corrected chi connectivity index (χ2v) is 5.55. The van der Waals surface area contributed by atoms with Gasteiger partial charge >= 0.3 is 0 Å². The van der Waals surface area contributed by atoms with Crippen molar-refractivity contribution in [2.45, 2.75) is 38.2 Å². The molecule has 2 aliphatic heterocycles. The Balaban J connectivity index is 1.82. The van der Waals surface area contributed by atoms with E-state index in [4.69, 9.17) is 9.47 Å². The van der Waals surface area contributed by atoms with Gasteiger partial charge in [-0.2, -0.15) is 0 Å². The summed E-state index contributed by atoms with van der Waals surface area (Å²) in [6, 6.07) is 0. The van der Waals surface area contributed by atoms with Crippen molar-refractivity contribution in [3.8, 4) is 0 Å². The van der Waals surface area contributed by atoms with Crippen LogP contribution < -0.4 is 5.56 Å². The highest BCUT2D eigenvalue weighted by molar-refractivity contribution is 5.68. The van der Waals surface area contributed by atoms with Crippen LogP contribution in [0.4, 0.5) is 0 Å².